The molecule has 0 bridgehead atoms. The third kappa shape index (κ3) is 7.24. The fourth-order valence-corrected chi connectivity index (χ4v) is 4.03. The van der Waals surface area contributed by atoms with Gasteiger partial charge in [-0.25, -0.2) is 0 Å². The molecule has 0 aliphatic carbocycles. The summed E-state index contributed by atoms with van der Waals surface area (Å²) in [6, 6.07) is 0. The Morgan fingerprint density at radius 2 is 0.794 bits per heavy atom. The third-order valence-corrected chi connectivity index (χ3v) is 5.78. The average molecular weight is 500 g/mol. The standard InChI is InChI=1S/C20H36O14/c21-9-11-13(23)15-17(19(25)33-11)32-8-4-28-2-6-30-16-14(24)12(10-22)34-20(26)18(16)31-7-3-27-1-5-29-15/h11-26H,1-10H2. The maximum atomic E-state index is 10.4. The Morgan fingerprint density at radius 1 is 0.471 bits per heavy atom. The molecule has 200 valence electrons. The highest BCUT2D eigenvalue weighted by Gasteiger charge is 2.47. The first-order chi connectivity index (χ1) is 16.5. The van der Waals surface area contributed by atoms with Gasteiger partial charge in [-0.15, -0.1) is 0 Å². The van der Waals surface area contributed by atoms with Crippen molar-refractivity contribution in [3.8, 4) is 0 Å². The lowest BCUT2D eigenvalue weighted by Crippen LogP contribution is -2.60. The molecule has 3 aliphatic rings. The molecule has 3 saturated heterocycles. The zero-order valence-electron chi connectivity index (χ0n) is 18.8. The average Bonchev–Trinajstić information content (AvgIpc) is 2.83. The first kappa shape index (κ1) is 28.0. The van der Waals surface area contributed by atoms with Gasteiger partial charge in [0.25, 0.3) is 0 Å². The predicted octanol–water partition coefficient (Wildman–Crippen LogP) is -4.29. The molecule has 34 heavy (non-hydrogen) atoms. The van der Waals surface area contributed by atoms with Crippen molar-refractivity contribution in [2.75, 3.05) is 66.1 Å². The second-order valence-corrected chi connectivity index (χ2v) is 8.04. The van der Waals surface area contributed by atoms with Gasteiger partial charge >= 0.3 is 0 Å². The molecule has 0 aromatic carbocycles. The fraction of sp³-hybridized carbons (Fsp3) is 1.00. The SMILES string of the molecule is OCC1OC(O)C2OCCOCCOC3C(O)C(CO)OC(O)C3OCCOCCOC2C1O. The van der Waals surface area contributed by atoms with E-state index in [1.807, 2.05) is 0 Å². The van der Waals surface area contributed by atoms with E-state index in [-0.39, 0.29) is 52.9 Å². The zero-order valence-corrected chi connectivity index (χ0v) is 18.8. The van der Waals surface area contributed by atoms with Crippen LogP contribution in [0.25, 0.3) is 0 Å². The first-order valence-electron chi connectivity index (χ1n) is 11.3. The summed E-state index contributed by atoms with van der Waals surface area (Å²) in [5, 5.41) is 60.2. The topological polar surface area (TPSA) is 195 Å². The molecule has 14 nitrogen and oxygen atoms in total. The molecule has 3 rings (SSSR count). The Bertz CT molecular complexity index is 521. The van der Waals surface area contributed by atoms with E-state index in [9.17, 15) is 30.6 Å². The molecule has 0 spiro atoms. The lowest BCUT2D eigenvalue weighted by atomic mass is 9.99. The van der Waals surface area contributed by atoms with E-state index in [1.165, 1.54) is 0 Å². The summed E-state index contributed by atoms with van der Waals surface area (Å²) in [4.78, 5) is 0. The summed E-state index contributed by atoms with van der Waals surface area (Å²) < 4.78 is 43.9. The van der Waals surface area contributed by atoms with Crippen molar-refractivity contribution in [1.82, 2.24) is 0 Å². The van der Waals surface area contributed by atoms with Crippen LogP contribution in [0.1, 0.15) is 0 Å². The second kappa shape index (κ2) is 14.2. The summed E-state index contributed by atoms with van der Waals surface area (Å²) in [5.74, 6) is 0. The van der Waals surface area contributed by atoms with Crippen molar-refractivity contribution >= 4 is 0 Å². The number of ether oxygens (including phenoxy) is 8. The maximum Gasteiger partial charge on any atom is 0.184 e. The molecule has 10 unspecified atom stereocenters. The number of aliphatic hydroxyl groups excluding tert-OH is 6. The highest BCUT2D eigenvalue weighted by molar-refractivity contribution is 4.92. The molecule has 14 heteroatoms. The van der Waals surface area contributed by atoms with Gasteiger partial charge in [0.2, 0.25) is 0 Å². The molecule has 0 saturated carbocycles. The Balaban J connectivity index is 1.59. The van der Waals surface area contributed by atoms with E-state index in [0.29, 0.717) is 0 Å². The molecule has 0 aromatic rings. The van der Waals surface area contributed by atoms with E-state index in [4.69, 9.17) is 37.9 Å². The molecule has 10 atom stereocenters. The minimum Gasteiger partial charge on any atom is -0.394 e. The van der Waals surface area contributed by atoms with Crippen LogP contribution in [0.4, 0.5) is 0 Å². The zero-order chi connectivity index (χ0) is 24.5. The third-order valence-electron chi connectivity index (χ3n) is 5.78. The van der Waals surface area contributed by atoms with Gasteiger partial charge in [-0.2, -0.15) is 0 Å². The molecular formula is C20H36O14. The van der Waals surface area contributed by atoms with Gasteiger partial charge in [0.05, 0.1) is 66.1 Å². The van der Waals surface area contributed by atoms with Crippen molar-refractivity contribution in [1.29, 1.82) is 0 Å². The van der Waals surface area contributed by atoms with Crippen molar-refractivity contribution in [3.63, 3.8) is 0 Å². The number of rotatable bonds is 2. The smallest absolute Gasteiger partial charge is 0.184 e. The van der Waals surface area contributed by atoms with Gasteiger partial charge in [0, 0.05) is 0 Å². The van der Waals surface area contributed by atoms with Crippen molar-refractivity contribution in [2.24, 2.45) is 0 Å². The Morgan fingerprint density at radius 3 is 1.12 bits per heavy atom. The van der Waals surface area contributed by atoms with Gasteiger partial charge in [-0.05, 0) is 0 Å². The summed E-state index contributed by atoms with van der Waals surface area (Å²) >= 11 is 0. The van der Waals surface area contributed by atoms with Crippen molar-refractivity contribution in [2.45, 2.75) is 61.4 Å². The van der Waals surface area contributed by atoms with E-state index >= 15 is 0 Å². The summed E-state index contributed by atoms with van der Waals surface area (Å²) in [6.07, 6.45) is -11.4. The molecule has 3 heterocycles. The molecule has 6 N–H and O–H groups in total. The monoisotopic (exact) mass is 500 g/mol. The fourth-order valence-electron chi connectivity index (χ4n) is 4.03. The Labute approximate surface area is 196 Å². The highest BCUT2D eigenvalue weighted by Crippen LogP contribution is 2.26. The quantitative estimate of drug-likeness (QED) is 0.213. The van der Waals surface area contributed by atoms with E-state index in [2.05, 4.69) is 0 Å². The minimum absolute atomic E-state index is 0.0366. The predicted molar refractivity (Wildman–Crippen MR) is 109 cm³/mol. The molecular weight excluding hydrogens is 464 g/mol. The van der Waals surface area contributed by atoms with E-state index in [0.717, 1.165) is 0 Å². The van der Waals surface area contributed by atoms with E-state index in [1.54, 1.807) is 0 Å². The van der Waals surface area contributed by atoms with Gasteiger partial charge < -0.3 is 68.5 Å². The van der Waals surface area contributed by atoms with Crippen LogP contribution in [0, 0.1) is 0 Å². The molecule has 0 aromatic heterocycles. The van der Waals surface area contributed by atoms with Crippen LogP contribution in [0.2, 0.25) is 0 Å². The minimum atomic E-state index is -1.42. The normalized spacial score (nSPS) is 44.3. The number of aliphatic hydroxyl groups is 6. The summed E-state index contributed by atoms with van der Waals surface area (Å²) in [7, 11) is 0. The molecule has 0 amide bonds. The van der Waals surface area contributed by atoms with Crippen molar-refractivity contribution < 1.29 is 68.5 Å². The number of hydrogen-bond acceptors (Lipinski definition) is 14. The van der Waals surface area contributed by atoms with Crippen LogP contribution in [-0.4, -0.2) is 158 Å². The van der Waals surface area contributed by atoms with Gasteiger partial charge in [-0.3, -0.25) is 0 Å². The van der Waals surface area contributed by atoms with Crippen LogP contribution in [0.3, 0.4) is 0 Å². The van der Waals surface area contributed by atoms with Gasteiger partial charge in [0.1, 0.15) is 48.8 Å². The van der Waals surface area contributed by atoms with Crippen molar-refractivity contribution in [3.05, 3.63) is 0 Å². The lowest BCUT2D eigenvalue weighted by molar-refractivity contribution is -0.309. The van der Waals surface area contributed by atoms with Crippen LogP contribution in [0.15, 0.2) is 0 Å². The Hall–Kier alpha value is -0.560. The molecule has 0 radical (unpaired) electrons. The number of hydrogen-bond donors (Lipinski definition) is 6. The van der Waals surface area contributed by atoms with Crippen LogP contribution < -0.4 is 0 Å². The van der Waals surface area contributed by atoms with Crippen LogP contribution >= 0.6 is 0 Å². The summed E-state index contributed by atoms with van der Waals surface area (Å²) in [5.41, 5.74) is 0. The Kier molecular flexibility index (Phi) is 11.7. The van der Waals surface area contributed by atoms with Gasteiger partial charge in [0.15, 0.2) is 12.6 Å². The molecule has 3 aliphatic heterocycles. The second-order valence-electron chi connectivity index (χ2n) is 8.04. The van der Waals surface area contributed by atoms with Crippen LogP contribution in [0.5, 0.6) is 0 Å². The van der Waals surface area contributed by atoms with E-state index < -0.39 is 74.6 Å². The lowest BCUT2D eigenvalue weighted by Gasteiger charge is -2.42. The highest BCUT2D eigenvalue weighted by atomic mass is 16.7. The largest absolute Gasteiger partial charge is 0.394 e. The number of fused-ring (bicyclic) bond motifs is 2. The summed E-state index contributed by atoms with van der Waals surface area (Å²) in [6.45, 7) is -0.407. The van der Waals surface area contributed by atoms with Gasteiger partial charge in [-0.1, -0.05) is 0 Å². The maximum absolute atomic E-state index is 10.4. The van der Waals surface area contributed by atoms with Crippen LogP contribution in [-0.2, 0) is 37.9 Å². The first-order valence-corrected chi connectivity index (χ1v) is 11.3. The molecule has 3 fully saturated rings.